The molecule has 0 aliphatic carbocycles. The van der Waals surface area contributed by atoms with E-state index < -0.39 is 12.0 Å². The summed E-state index contributed by atoms with van der Waals surface area (Å²) < 4.78 is 25.3. The molecule has 0 unspecified atom stereocenters. The number of aromatic nitrogens is 3. The molecule has 0 N–H and O–H groups in total. The summed E-state index contributed by atoms with van der Waals surface area (Å²) in [5, 5.41) is 7.08. The molecule has 1 rings (SSSR count). The van der Waals surface area contributed by atoms with Crippen LogP contribution in [0.2, 0.25) is 0 Å². The van der Waals surface area contributed by atoms with Gasteiger partial charge >= 0.3 is 6.55 Å². The summed E-state index contributed by atoms with van der Waals surface area (Å²) in [4.78, 5) is 0. The highest BCUT2D eigenvalue weighted by Crippen LogP contribution is 2.23. The summed E-state index contributed by atoms with van der Waals surface area (Å²) in [6, 6.07) is 0. The Balaban J connectivity index is 3.08. The number of nitrogens with zero attached hydrogens (tertiary/aromatic N) is 3. The third-order valence-electron chi connectivity index (χ3n) is 1.45. The summed E-state index contributed by atoms with van der Waals surface area (Å²) in [6.45, 7) is 2.89. The molecule has 0 radical (unpaired) electrons. The molecule has 3 nitrogen and oxygen atoms in total. The quantitative estimate of drug-likeness (QED) is 0.653. The first-order valence-corrected chi connectivity index (χ1v) is 3.61. The number of halogens is 2. The van der Waals surface area contributed by atoms with E-state index in [1.807, 2.05) is 20.8 Å². The van der Waals surface area contributed by atoms with Crippen molar-refractivity contribution in [1.29, 1.82) is 0 Å². The van der Waals surface area contributed by atoms with Crippen LogP contribution in [-0.2, 0) is 5.41 Å². The van der Waals surface area contributed by atoms with Crippen molar-refractivity contribution in [2.75, 3.05) is 0 Å². The van der Waals surface area contributed by atoms with Gasteiger partial charge in [0, 0.05) is 5.41 Å². The molecule has 0 amide bonds. The van der Waals surface area contributed by atoms with E-state index in [-0.39, 0.29) is 0 Å². The molecule has 0 bridgehead atoms. The van der Waals surface area contributed by atoms with Crippen molar-refractivity contribution < 1.29 is 8.78 Å². The van der Waals surface area contributed by atoms with Crippen LogP contribution in [0.4, 0.5) is 8.78 Å². The molecule has 1 aromatic heterocycles. The zero-order chi connectivity index (χ0) is 9.35. The third kappa shape index (κ3) is 1.60. The molecule has 0 fully saturated rings. The smallest absolute Gasteiger partial charge is 0.258 e. The first-order chi connectivity index (χ1) is 5.43. The van der Waals surface area contributed by atoms with Crippen LogP contribution < -0.4 is 0 Å². The Morgan fingerprint density at radius 3 is 2.33 bits per heavy atom. The fraction of sp³-hybridized carbons (Fsp3) is 0.714. The van der Waals surface area contributed by atoms with Crippen LogP contribution in [0.25, 0.3) is 0 Å². The Hall–Kier alpha value is -1.00. The maximum Gasteiger partial charge on any atom is 0.321 e. The van der Waals surface area contributed by atoms with Crippen LogP contribution in [0.15, 0.2) is 6.33 Å². The molecule has 0 saturated heterocycles. The van der Waals surface area contributed by atoms with Gasteiger partial charge in [-0.15, -0.1) is 10.2 Å². The Labute approximate surface area is 69.4 Å². The van der Waals surface area contributed by atoms with Crippen molar-refractivity contribution in [1.82, 2.24) is 14.8 Å². The van der Waals surface area contributed by atoms with Crippen molar-refractivity contribution in [3.63, 3.8) is 0 Å². The molecule has 1 heterocycles. The summed E-state index contributed by atoms with van der Waals surface area (Å²) in [5.74, 6) is 0.303. The highest BCUT2D eigenvalue weighted by Gasteiger charge is 2.23. The van der Waals surface area contributed by atoms with Gasteiger partial charge in [0.1, 0.15) is 12.2 Å². The molecular weight excluding hydrogens is 164 g/mol. The van der Waals surface area contributed by atoms with Crippen molar-refractivity contribution >= 4 is 0 Å². The highest BCUT2D eigenvalue weighted by molar-refractivity contribution is 5.01. The molecule has 0 atom stereocenters. The van der Waals surface area contributed by atoms with Gasteiger partial charge in [0.15, 0.2) is 0 Å². The number of hydrogen-bond donors (Lipinski definition) is 0. The zero-order valence-electron chi connectivity index (χ0n) is 7.25. The maximum absolute atomic E-state index is 12.3. The van der Waals surface area contributed by atoms with Crippen molar-refractivity contribution in [3.05, 3.63) is 12.2 Å². The molecule has 0 saturated carbocycles. The Bertz CT molecular complexity index is 262. The highest BCUT2D eigenvalue weighted by atomic mass is 19.3. The molecule has 12 heavy (non-hydrogen) atoms. The van der Waals surface area contributed by atoms with Crippen molar-refractivity contribution in [2.24, 2.45) is 0 Å². The summed E-state index contributed by atoms with van der Waals surface area (Å²) in [6.07, 6.45) is 1.05. The minimum atomic E-state index is -2.56. The fourth-order valence-electron chi connectivity index (χ4n) is 0.923. The molecular formula is C7H11F2N3. The molecule has 5 heteroatoms. The predicted octanol–water partition coefficient (Wildman–Crippen LogP) is 1.97. The normalized spacial score (nSPS) is 12.5. The molecule has 1 aromatic rings. The lowest BCUT2D eigenvalue weighted by Crippen LogP contribution is -2.19. The van der Waals surface area contributed by atoms with Gasteiger partial charge in [-0.25, -0.2) is 0 Å². The van der Waals surface area contributed by atoms with E-state index in [4.69, 9.17) is 0 Å². The monoisotopic (exact) mass is 175 g/mol. The van der Waals surface area contributed by atoms with Crippen molar-refractivity contribution in [3.8, 4) is 0 Å². The van der Waals surface area contributed by atoms with E-state index in [2.05, 4.69) is 10.2 Å². The van der Waals surface area contributed by atoms with Gasteiger partial charge < -0.3 is 0 Å². The van der Waals surface area contributed by atoms with Crippen LogP contribution in [0.3, 0.4) is 0 Å². The lowest BCUT2D eigenvalue weighted by molar-refractivity contribution is 0.0636. The second-order valence-corrected chi connectivity index (χ2v) is 3.59. The van der Waals surface area contributed by atoms with Gasteiger partial charge in [-0.1, -0.05) is 20.8 Å². The van der Waals surface area contributed by atoms with Crippen LogP contribution in [0, 0.1) is 0 Å². The number of alkyl halides is 2. The Kier molecular flexibility index (Phi) is 2.12. The molecule has 68 valence electrons. The van der Waals surface area contributed by atoms with Gasteiger partial charge in [0.25, 0.3) is 0 Å². The van der Waals surface area contributed by atoms with Gasteiger partial charge in [0.05, 0.1) is 0 Å². The molecule has 0 aliphatic rings. The Morgan fingerprint density at radius 1 is 1.42 bits per heavy atom. The van der Waals surface area contributed by atoms with Crippen LogP contribution in [0.5, 0.6) is 0 Å². The second-order valence-electron chi connectivity index (χ2n) is 3.59. The van der Waals surface area contributed by atoms with Gasteiger partial charge in [0.2, 0.25) is 0 Å². The predicted molar refractivity (Wildman–Crippen MR) is 40.0 cm³/mol. The van der Waals surface area contributed by atoms with E-state index in [1.54, 1.807) is 0 Å². The summed E-state index contributed by atoms with van der Waals surface area (Å²) >= 11 is 0. The largest absolute Gasteiger partial charge is 0.321 e. The van der Waals surface area contributed by atoms with E-state index in [1.165, 1.54) is 0 Å². The first kappa shape index (κ1) is 9.09. The second kappa shape index (κ2) is 2.80. The van der Waals surface area contributed by atoms with E-state index in [9.17, 15) is 8.78 Å². The van der Waals surface area contributed by atoms with Crippen molar-refractivity contribution in [2.45, 2.75) is 32.7 Å². The topological polar surface area (TPSA) is 30.7 Å². The van der Waals surface area contributed by atoms with Crippen LogP contribution >= 0.6 is 0 Å². The maximum atomic E-state index is 12.3. The fourth-order valence-corrected chi connectivity index (χ4v) is 0.923. The minimum absolute atomic E-state index is 0.303. The average molecular weight is 175 g/mol. The summed E-state index contributed by atoms with van der Waals surface area (Å²) in [7, 11) is 0. The van der Waals surface area contributed by atoms with E-state index in [0.717, 1.165) is 10.9 Å². The third-order valence-corrected chi connectivity index (χ3v) is 1.45. The molecule has 0 aliphatic heterocycles. The number of rotatable bonds is 1. The average Bonchev–Trinajstić information content (AvgIpc) is 2.30. The summed E-state index contributed by atoms with van der Waals surface area (Å²) in [5.41, 5.74) is -0.396. The SMILES string of the molecule is CC(C)(C)c1nncn1C(F)F. The first-order valence-electron chi connectivity index (χ1n) is 3.61. The molecule has 0 aromatic carbocycles. The lowest BCUT2D eigenvalue weighted by Gasteiger charge is -2.17. The van der Waals surface area contributed by atoms with Gasteiger partial charge in [-0.2, -0.15) is 8.78 Å². The number of hydrogen-bond acceptors (Lipinski definition) is 2. The van der Waals surface area contributed by atoms with E-state index in [0.29, 0.717) is 5.82 Å². The van der Waals surface area contributed by atoms with E-state index >= 15 is 0 Å². The van der Waals surface area contributed by atoms with Crippen LogP contribution in [0.1, 0.15) is 33.1 Å². The Morgan fingerprint density at radius 2 is 2.00 bits per heavy atom. The van der Waals surface area contributed by atoms with Crippen LogP contribution in [-0.4, -0.2) is 14.8 Å². The standard InChI is InChI=1S/C7H11F2N3/c1-7(2,3)5-11-10-4-12(5)6(8)9/h4,6H,1-3H3. The molecule has 0 spiro atoms. The van der Waals surface area contributed by atoms with Gasteiger partial charge in [-0.05, 0) is 0 Å². The lowest BCUT2D eigenvalue weighted by atomic mass is 9.96. The minimum Gasteiger partial charge on any atom is -0.258 e. The van der Waals surface area contributed by atoms with Gasteiger partial charge in [-0.3, -0.25) is 4.57 Å². The zero-order valence-corrected chi connectivity index (χ0v) is 7.25.